The Morgan fingerprint density at radius 1 is 1.22 bits per heavy atom. The molecule has 1 aliphatic rings. The molecule has 0 amide bonds. The van der Waals surface area contributed by atoms with Crippen molar-refractivity contribution in [1.29, 1.82) is 0 Å². The number of hydrogen-bond acceptors (Lipinski definition) is 3. The molecule has 18 heavy (non-hydrogen) atoms. The summed E-state index contributed by atoms with van der Waals surface area (Å²) >= 11 is 0. The quantitative estimate of drug-likeness (QED) is 0.757. The second-order valence-corrected chi connectivity index (χ2v) is 6.29. The van der Waals surface area contributed by atoms with Gasteiger partial charge in [0.1, 0.15) is 0 Å². The molecule has 0 bridgehead atoms. The van der Waals surface area contributed by atoms with Crippen LogP contribution in [0.3, 0.4) is 0 Å². The van der Waals surface area contributed by atoms with Crippen LogP contribution < -0.4 is 5.32 Å². The average molecular weight is 256 g/mol. The molecule has 1 N–H and O–H groups in total. The van der Waals surface area contributed by atoms with E-state index in [1.807, 2.05) is 0 Å². The summed E-state index contributed by atoms with van der Waals surface area (Å²) < 4.78 is 5.55. The molecule has 1 unspecified atom stereocenters. The van der Waals surface area contributed by atoms with Gasteiger partial charge in [-0.15, -0.1) is 0 Å². The SMILES string of the molecule is CCNCC1(CN(C)C(C)C(C)C)CCOCC1. The van der Waals surface area contributed by atoms with Gasteiger partial charge in [-0.25, -0.2) is 0 Å². The van der Waals surface area contributed by atoms with E-state index in [1.165, 1.54) is 19.4 Å². The Balaban J connectivity index is 2.59. The average Bonchev–Trinajstić information content (AvgIpc) is 2.36. The van der Waals surface area contributed by atoms with Gasteiger partial charge in [-0.3, -0.25) is 0 Å². The van der Waals surface area contributed by atoms with E-state index in [0.29, 0.717) is 17.4 Å². The molecular formula is C15H32N2O. The van der Waals surface area contributed by atoms with Crippen LogP contribution >= 0.6 is 0 Å². The topological polar surface area (TPSA) is 24.5 Å². The van der Waals surface area contributed by atoms with Gasteiger partial charge < -0.3 is 15.0 Å². The molecule has 1 heterocycles. The zero-order chi connectivity index (χ0) is 13.6. The fourth-order valence-corrected chi connectivity index (χ4v) is 2.77. The Kier molecular flexibility index (Phi) is 6.61. The van der Waals surface area contributed by atoms with E-state index in [4.69, 9.17) is 4.74 Å². The minimum atomic E-state index is 0.409. The Morgan fingerprint density at radius 2 is 1.83 bits per heavy atom. The number of hydrogen-bond donors (Lipinski definition) is 1. The lowest BCUT2D eigenvalue weighted by Gasteiger charge is -2.42. The Labute approximate surface area is 113 Å². The van der Waals surface area contributed by atoms with Crippen LogP contribution in [0, 0.1) is 11.3 Å². The maximum absolute atomic E-state index is 5.55. The van der Waals surface area contributed by atoms with Crippen molar-refractivity contribution < 1.29 is 4.74 Å². The summed E-state index contributed by atoms with van der Waals surface area (Å²) in [6.07, 6.45) is 2.38. The third kappa shape index (κ3) is 4.52. The van der Waals surface area contributed by atoms with Crippen molar-refractivity contribution in [3.05, 3.63) is 0 Å². The standard InChI is InChI=1S/C15H32N2O/c1-6-16-11-15(7-9-18-10-8-15)12-17(5)14(4)13(2)3/h13-14,16H,6-12H2,1-5H3. The van der Waals surface area contributed by atoms with Crippen molar-refractivity contribution in [3.63, 3.8) is 0 Å². The second-order valence-electron chi connectivity index (χ2n) is 6.29. The first-order valence-corrected chi connectivity index (χ1v) is 7.49. The molecule has 3 nitrogen and oxygen atoms in total. The van der Waals surface area contributed by atoms with E-state index in [9.17, 15) is 0 Å². The maximum atomic E-state index is 5.55. The van der Waals surface area contributed by atoms with Crippen molar-refractivity contribution in [2.24, 2.45) is 11.3 Å². The molecule has 0 saturated carbocycles. The van der Waals surface area contributed by atoms with Crippen molar-refractivity contribution in [3.8, 4) is 0 Å². The highest BCUT2D eigenvalue weighted by Gasteiger charge is 2.34. The highest BCUT2D eigenvalue weighted by molar-refractivity contribution is 4.88. The van der Waals surface area contributed by atoms with E-state index in [2.05, 4.69) is 45.0 Å². The summed E-state index contributed by atoms with van der Waals surface area (Å²) in [4.78, 5) is 2.54. The first-order chi connectivity index (χ1) is 8.51. The lowest BCUT2D eigenvalue weighted by Crippen LogP contribution is -2.49. The molecule has 1 rings (SSSR count). The minimum absolute atomic E-state index is 0.409. The minimum Gasteiger partial charge on any atom is -0.381 e. The van der Waals surface area contributed by atoms with Crippen LogP contribution in [-0.4, -0.2) is 50.8 Å². The van der Waals surface area contributed by atoms with Crippen LogP contribution in [0.4, 0.5) is 0 Å². The summed E-state index contributed by atoms with van der Waals surface area (Å²) in [5.74, 6) is 0.714. The molecule has 108 valence electrons. The molecule has 0 aromatic heterocycles. The molecule has 1 saturated heterocycles. The van der Waals surface area contributed by atoms with E-state index < -0.39 is 0 Å². The van der Waals surface area contributed by atoms with Gasteiger partial charge in [-0.05, 0) is 44.7 Å². The maximum Gasteiger partial charge on any atom is 0.0472 e. The smallest absolute Gasteiger partial charge is 0.0472 e. The molecule has 1 aliphatic heterocycles. The van der Waals surface area contributed by atoms with Crippen molar-refractivity contribution in [2.75, 3.05) is 39.9 Å². The van der Waals surface area contributed by atoms with Gasteiger partial charge >= 0.3 is 0 Å². The zero-order valence-electron chi connectivity index (χ0n) is 13.0. The molecular weight excluding hydrogens is 224 g/mol. The van der Waals surface area contributed by atoms with Gasteiger partial charge in [0, 0.05) is 32.3 Å². The van der Waals surface area contributed by atoms with Gasteiger partial charge in [-0.2, -0.15) is 0 Å². The predicted octanol–water partition coefficient (Wildman–Crippen LogP) is 2.37. The number of ether oxygens (including phenoxy) is 1. The summed E-state index contributed by atoms with van der Waals surface area (Å²) in [7, 11) is 2.27. The normalized spacial score (nSPS) is 21.5. The number of nitrogens with one attached hydrogen (secondary N) is 1. The van der Waals surface area contributed by atoms with Crippen molar-refractivity contribution in [1.82, 2.24) is 10.2 Å². The molecule has 3 heteroatoms. The second kappa shape index (κ2) is 7.46. The monoisotopic (exact) mass is 256 g/mol. The third-order valence-electron chi connectivity index (χ3n) is 4.55. The van der Waals surface area contributed by atoms with E-state index in [-0.39, 0.29) is 0 Å². The van der Waals surface area contributed by atoms with E-state index >= 15 is 0 Å². The third-order valence-corrected chi connectivity index (χ3v) is 4.55. The van der Waals surface area contributed by atoms with Gasteiger partial charge in [-0.1, -0.05) is 20.8 Å². The molecule has 0 aliphatic carbocycles. The first-order valence-electron chi connectivity index (χ1n) is 7.49. The fraction of sp³-hybridized carbons (Fsp3) is 1.00. The lowest BCUT2D eigenvalue weighted by atomic mass is 9.79. The number of rotatable bonds is 7. The van der Waals surface area contributed by atoms with Crippen LogP contribution in [0.15, 0.2) is 0 Å². The largest absolute Gasteiger partial charge is 0.381 e. The highest BCUT2D eigenvalue weighted by atomic mass is 16.5. The van der Waals surface area contributed by atoms with E-state index in [1.54, 1.807) is 0 Å². The fourth-order valence-electron chi connectivity index (χ4n) is 2.77. The predicted molar refractivity (Wildman–Crippen MR) is 78.0 cm³/mol. The zero-order valence-corrected chi connectivity index (χ0v) is 13.0. The molecule has 1 atom stereocenters. The Bertz CT molecular complexity index is 225. The van der Waals surface area contributed by atoms with Crippen molar-refractivity contribution in [2.45, 2.75) is 46.6 Å². The van der Waals surface area contributed by atoms with Gasteiger partial charge in [0.05, 0.1) is 0 Å². The first kappa shape index (κ1) is 15.9. The number of nitrogens with zero attached hydrogens (tertiary/aromatic N) is 1. The molecule has 0 spiro atoms. The van der Waals surface area contributed by atoms with Crippen molar-refractivity contribution >= 4 is 0 Å². The molecule has 0 radical (unpaired) electrons. The highest BCUT2D eigenvalue weighted by Crippen LogP contribution is 2.31. The summed E-state index contributed by atoms with van der Waals surface area (Å²) in [5, 5.41) is 3.55. The lowest BCUT2D eigenvalue weighted by molar-refractivity contribution is -0.00828. The van der Waals surface area contributed by atoms with Crippen LogP contribution in [0.2, 0.25) is 0 Å². The van der Waals surface area contributed by atoms with Crippen LogP contribution in [0.1, 0.15) is 40.5 Å². The summed E-state index contributed by atoms with van der Waals surface area (Å²) in [6, 6.07) is 0.645. The molecule has 0 aromatic rings. The van der Waals surface area contributed by atoms with Gasteiger partial charge in [0.25, 0.3) is 0 Å². The van der Waals surface area contributed by atoms with Gasteiger partial charge in [0.2, 0.25) is 0 Å². The Morgan fingerprint density at radius 3 is 2.33 bits per heavy atom. The molecule has 0 aromatic carbocycles. The summed E-state index contributed by atoms with van der Waals surface area (Å²) in [5.41, 5.74) is 0.409. The van der Waals surface area contributed by atoms with E-state index in [0.717, 1.165) is 26.3 Å². The molecule has 1 fully saturated rings. The summed E-state index contributed by atoms with van der Waals surface area (Å²) in [6.45, 7) is 14.4. The Hall–Kier alpha value is -0.120. The van der Waals surface area contributed by atoms with Crippen LogP contribution in [0.25, 0.3) is 0 Å². The van der Waals surface area contributed by atoms with Crippen LogP contribution in [-0.2, 0) is 4.74 Å². The van der Waals surface area contributed by atoms with Gasteiger partial charge in [0.15, 0.2) is 0 Å². The van der Waals surface area contributed by atoms with Crippen LogP contribution in [0.5, 0.6) is 0 Å².